The molecule has 3 aromatic heterocycles. The molecule has 3 heterocycles. The molecule has 0 unspecified atom stereocenters. The van der Waals surface area contributed by atoms with Gasteiger partial charge in [-0.05, 0) is 151 Å². The number of benzene rings is 10. The van der Waals surface area contributed by atoms with Crippen molar-refractivity contribution in [1.82, 2.24) is 13.7 Å². The molecule has 6 heteroatoms. The Morgan fingerprint density at radius 2 is 0.551 bits per heavy atom. The van der Waals surface area contributed by atoms with E-state index >= 15 is 0 Å². The minimum atomic E-state index is -0.283. The van der Waals surface area contributed by atoms with Crippen molar-refractivity contribution in [3.8, 4) is 50.4 Å². The van der Waals surface area contributed by atoms with Crippen LogP contribution in [0.1, 0.15) is 16.7 Å². The van der Waals surface area contributed by atoms with E-state index in [0.717, 1.165) is 133 Å². The summed E-state index contributed by atoms with van der Waals surface area (Å²) >= 11 is 0. The molecule has 13 rings (SSSR count). The Morgan fingerprint density at radius 1 is 0.261 bits per heavy atom. The van der Waals surface area contributed by atoms with Crippen LogP contribution in [0.15, 0.2) is 200 Å². The van der Waals surface area contributed by atoms with E-state index in [1.807, 2.05) is 36.4 Å². The molecule has 0 amide bonds. The van der Waals surface area contributed by atoms with Gasteiger partial charge in [0.1, 0.15) is 17.5 Å². The van der Waals surface area contributed by atoms with Crippen LogP contribution in [-0.4, -0.2) is 13.7 Å². The molecule has 0 atom stereocenters. The number of nitrogens with zero attached hydrogens (tertiary/aromatic N) is 3. The highest BCUT2D eigenvalue weighted by molar-refractivity contribution is 6.40. The fourth-order valence-electron chi connectivity index (χ4n) is 10.6. The molecule has 0 fully saturated rings. The highest BCUT2D eigenvalue weighted by atomic mass is 19.1. The lowest BCUT2D eigenvalue weighted by Crippen LogP contribution is -1.98. The molecule has 0 saturated heterocycles. The van der Waals surface area contributed by atoms with Gasteiger partial charge in [-0.2, -0.15) is 0 Å². The van der Waals surface area contributed by atoms with Crippen molar-refractivity contribution in [2.45, 2.75) is 20.8 Å². The number of aryl methyl sites for hydroxylation is 3. The SMILES string of the molecule is Cc1ccc(-n2c3ccc(-c4ccc(F)cc4)cc3c3c2c2c4ccc(-c5ccc(F)cc5)cc4n(-c4ccc(C)cc4)c2c2c4ccc(-c5ccc(F)cc5)cc4n(-c4ccc(C)cc4)c32)cc1. The van der Waals surface area contributed by atoms with Crippen LogP contribution in [-0.2, 0) is 0 Å². The van der Waals surface area contributed by atoms with E-state index in [2.05, 4.69) is 162 Å². The zero-order valence-corrected chi connectivity index (χ0v) is 38.0. The van der Waals surface area contributed by atoms with Crippen molar-refractivity contribution in [2.24, 2.45) is 0 Å². The van der Waals surface area contributed by atoms with Crippen molar-refractivity contribution >= 4 is 65.4 Å². The number of rotatable bonds is 6. The lowest BCUT2D eigenvalue weighted by atomic mass is 9.98. The lowest BCUT2D eigenvalue weighted by molar-refractivity contribution is 0.627. The molecular formula is C63H42F3N3. The summed E-state index contributed by atoms with van der Waals surface area (Å²) in [5.74, 6) is -0.845. The minimum absolute atomic E-state index is 0.280. The van der Waals surface area contributed by atoms with Crippen LogP contribution >= 0.6 is 0 Å². The van der Waals surface area contributed by atoms with Gasteiger partial charge >= 0.3 is 0 Å². The molecule has 0 N–H and O–H groups in total. The van der Waals surface area contributed by atoms with E-state index in [0.29, 0.717) is 0 Å². The summed E-state index contributed by atoms with van der Waals surface area (Å²) in [5.41, 5.74) is 18.3. The van der Waals surface area contributed by atoms with Gasteiger partial charge in [-0.1, -0.05) is 120 Å². The Labute approximate surface area is 396 Å². The Balaban J connectivity index is 1.33. The normalized spacial score (nSPS) is 11.9. The number of hydrogen-bond acceptors (Lipinski definition) is 0. The van der Waals surface area contributed by atoms with E-state index in [4.69, 9.17) is 0 Å². The second-order valence-electron chi connectivity index (χ2n) is 18.4. The van der Waals surface area contributed by atoms with Gasteiger partial charge in [0.15, 0.2) is 0 Å². The van der Waals surface area contributed by atoms with Crippen molar-refractivity contribution < 1.29 is 13.2 Å². The Hall–Kier alpha value is -8.61. The van der Waals surface area contributed by atoms with E-state index in [1.54, 1.807) is 0 Å². The lowest BCUT2D eigenvalue weighted by Gasteiger charge is -2.14. The van der Waals surface area contributed by atoms with Crippen LogP contribution in [0.3, 0.4) is 0 Å². The topological polar surface area (TPSA) is 14.8 Å². The molecule has 0 spiro atoms. The second kappa shape index (κ2) is 15.5. The fraction of sp³-hybridized carbons (Fsp3) is 0.0476. The van der Waals surface area contributed by atoms with Crippen molar-refractivity contribution in [1.29, 1.82) is 0 Å². The first kappa shape index (κ1) is 40.6. The van der Waals surface area contributed by atoms with Gasteiger partial charge in [0.25, 0.3) is 0 Å². The van der Waals surface area contributed by atoms with E-state index in [1.165, 1.54) is 36.4 Å². The van der Waals surface area contributed by atoms with Gasteiger partial charge in [0, 0.05) is 49.4 Å². The third-order valence-electron chi connectivity index (χ3n) is 14.0. The smallest absolute Gasteiger partial charge is 0.123 e. The van der Waals surface area contributed by atoms with Crippen molar-refractivity contribution in [2.75, 3.05) is 0 Å². The van der Waals surface area contributed by atoms with Gasteiger partial charge in [-0.25, -0.2) is 13.2 Å². The minimum Gasteiger partial charge on any atom is -0.308 e. The summed E-state index contributed by atoms with van der Waals surface area (Å²) < 4.78 is 50.6. The molecule has 0 radical (unpaired) electrons. The van der Waals surface area contributed by atoms with Gasteiger partial charge in [-0.15, -0.1) is 0 Å². The molecule has 0 bridgehead atoms. The van der Waals surface area contributed by atoms with Crippen LogP contribution < -0.4 is 0 Å². The molecular weight excluding hydrogens is 856 g/mol. The molecule has 0 aliphatic carbocycles. The van der Waals surface area contributed by atoms with Gasteiger partial charge in [0.05, 0.1) is 33.1 Å². The molecule has 10 aromatic carbocycles. The second-order valence-corrected chi connectivity index (χ2v) is 18.4. The summed E-state index contributed by atoms with van der Waals surface area (Å²) in [5, 5.41) is 6.41. The predicted molar refractivity (Wildman–Crippen MR) is 280 cm³/mol. The quantitative estimate of drug-likeness (QED) is 0.158. The van der Waals surface area contributed by atoms with Crippen LogP contribution in [0.4, 0.5) is 13.2 Å². The van der Waals surface area contributed by atoms with Crippen LogP contribution in [0.5, 0.6) is 0 Å². The summed E-state index contributed by atoms with van der Waals surface area (Å²) in [7, 11) is 0. The zero-order chi connectivity index (χ0) is 46.7. The first-order chi connectivity index (χ1) is 33.7. The van der Waals surface area contributed by atoms with E-state index in [-0.39, 0.29) is 17.5 Å². The van der Waals surface area contributed by atoms with Crippen LogP contribution in [0.2, 0.25) is 0 Å². The fourth-order valence-corrected chi connectivity index (χ4v) is 10.6. The Kier molecular flexibility index (Phi) is 9.12. The summed E-state index contributed by atoms with van der Waals surface area (Å²) in [4.78, 5) is 0. The number of aromatic nitrogens is 3. The molecule has 0 saturated carbocycles. The first-order valence-corrected chi connectivity index (χ1v) is 23.2. The predicted octanol–water partition coefficient (Wildman–Crippen LogP) is 17.3. The Bertz CT molecular complexity index is 4170. The molecule has 330 valence electrons. The standard InChI is InChI=1S/C63H42F3N3/c1-37-4-25-49(26-5-37)67-55-33-18-43(40-10-19-46(64)20-11-40)34-54(55)60-62(67)58-52-31-16-44(41-12-21-47(65)22-13-41)35-56(52)68(50-27-6-38(2)7-28-50)61(58)59-53-32-17-45(42-14-23-48(66)24-15-42)36-57(53)69(63(59)60)51-29-8-39(3)9-30-51/h4-36H,1-3H3. The highest BCUT2D eigenvalue weighted by Crippen LogP contribution is 2.51. The number of halogens is 3. The van der Waals surface area contributed by atoms with Crippen molar-refractivity contribution in [3.63, 3.8) is 0 Å². The average Bonchev–Trinajstić information content (AvgIpc) is 4.01. The van der Waals surface area contributed by atoms with Crippen LogP contribution in [0, 0.1) is 38.2 Å². The zero-order valence-electron chi connectivity index (χ0n) is 38.0. The van der Waals surface area contributed by atoms with Gasteiger partial charge < -0.3 is 13.7 Å². The number of fused-ring (bicyclic) bond motifs is 12. The molecule has 0 aliphatic rings. The first-order valence-electron chi connectivity index (χ1n) is 23.2. The van der Waals surface area contributed by atoms with Gasteiger partial charge in [-0.3, -0.25) is 0 Å². The molecule has 0 aliphatic heterocycles. The average molecular weight is 898 g/mol. The molecule has 13 aromatic rings. The third kappa shape index (κ3) is 6.43. The largest absolute Gasteiger partial charge is 0.308 e. The maximum Gasteiger partial charge on any atom is 0.123 e. The van der Waals surface area contributed by atoms with Crippen molar-refractivity contribution in [3.05, 3.63) is 234 Å². The highest BCUT2D eigenvalue weighted by Gasteiger charge is 2.30. The number of hydrogen-bond donors (Lipinski definition) is 0. The molecule has 69 heavy (non-hydrogen) atoms. The summed E-state index contributed by atoms with van der Waals surface area (Å²) in [6, 6.07) is 66.2. The van der Waals surface area contributed by atoms with E-state index < -0.39 is 0 Å². The Morgan fingerprint density at radius 3 is 0.913 bits per heavy atom. The molecule has 3 nitrogen and oxygen atoms in total. The maximum atomic E-state index is 14.5. The summed E-state index contributed by atoms with van der Waals surface area (Å²) in [6.45, 7) is 6.33. The monoisotopic (exact) mass is 897 g/mol. The van der Waals surface area contributed by atoms with E-state index in [9.17, 15) is 13.2 Å². The van der Waals surface area contributed by atoms with Crippen LogP contribution in [0.25, 0.3) is 116 Å². The van der Waals surface area contributed by atoms with Gasteiger partial charge in [0.2, 0.25) is 0 Å². The maximum absolute atomic E-state index is 14.5. The third-order valence-corrected chi connectivity index (χ3v) is 14.0. The summed E-state index contributed by atoms with van der Waals surface area (Å²) in [6.07, 6.45) is 0.